The van der Waals surface area contributed by atoms with Gasteiger partial charge in [-0.25, -0.2) is 0 Å². The molecule has 1 N–H and O–H groups in total. The summed E-state index contributed by atoms with van der Waals surface area (Å²) in [6, 6.07) is 9.15. The molecule has 1 aromatic carbocycles. The van der Waals surface area contributed by atoms with E-state index in [9.17, 15) is 4.79 Å². The van der Waals surface area contributed by atoms with Crippen LogP contribution in [0.25, 0.3) is 5.69 Å². The molecule has 0 unspecified atom stereocenters. The topological polar surface area (TPSA) is 72.7 Å². The van der Waals surface area contributed by atoms with E-state index >= 15 is 0 Å². The quantitative estimate of drug-likeness (QED) is 0.707. The zero-order valence-electron chi connectivity index (χ0n) is 12.8. The molecular formula is C16H14ClN5OS. The van der Waals surface area contributed by atoms with E-state index < -0.39 is 0 Å². The molecule has 24 heavy (non-hydrogen) atoms. The lowest BCUT2D eigenvalue weighted by Gasteiger charge is -2.07. The molecule has 0 aliphatic carbocycles. The molecule has 0 spiro atoms. The first kappa shape index (κ1) is 16.5. The molecule has 0 saturated heterocycles. The Labute approximate surface area is 148 Å². The third-order valence-corrected chi connectivity index (χ3v) is 4.58. The zero-order valence-corrected chi connectivity index (χ0v) is 14.4. The van der Waals surface area contributed by atoms with Crippen molar-refractivity contribution in [2.75, 3.05) is 11.1 Å². The Morgan fingerprint density at radius 2 is 2.25 bits per heavy atom. The monoisotopic (exact) mass is 359 g/mol. The van der Waals surface area contributed by atoms with Gasteiger partial charge in [-0.15, -0.1) is 10.2 Å². The van der Waals surface area contributed by atoms with Crippen LogP contribution in [0, 0.1) is 6.92 Å². The number of carbonyl (C=O) groups excluding carboxylic acids is 1. The number of pyridine rings is 1. The number of hydrogen-bond donors (Lipinski definition) is 1. The molecule has 0 radical (unpaired) electrons. The van der Waals surface area contributed by atoms with Crippen LogP contribution in [-0.2, 0) is 4.79 Å². The Morgan fingerprint density at radius 3 is 3.00 bits per heavy atom. The summed E-state index contributed by atoms with van der Waals surface area (Å²) in [6.45, 7) is 1.91. The average molecular weight is 360 g/mol. The van der Waals surface area contributed by atoms with Crippen molar-refractivity contribution in [1.29, 1.82) is 0 Å². The number of aromatic nitrogens is 4. The van der Waals surface area contributed by atoms with Crippen LogP contribution in [0.4, 0.5) is 5.69 Å². The number of nitrogens with one attached hydrogen (secondary N) is 1. The largest absolute Gasteiger partial charge is 0.325 e. The maximum atomic E-state index is 12.1. The SMILES string of the molecule is Cc1ccc(NC(=O)CSc2nncn2-c2cccnc2)cc1Cl. The summed E-state index contributed by atoms with van der Waals surface area (Å²) in [4.78, 5) is 16.2. The van der Waals surface area contributed by atoms with Gasteiger partial charge in [0, 0.05) is 16.9 Å². The number of anilines is 1. The van der Waals surface area contributed by atoms with Crippen molar-refractivity contribution in [3.05, 3.63) is 59.6 Å². The molecule has 0 aliphatic heterocycles. The second-order valence-corrected chi connectivity index (χ2v) is 6.35. The van der Waals surface area contributed by atoms with Gasteiger partial charge in [-0.1, -0.05) is 29.4 Å². The van der Waals surface area contributed by atoms with E-state index in [0.29, 0.717) is 15.9 Å². The van der Waals surface area contributed by atoms with E-state index in [1.54, 1.807) is 29.4 Å². The molecule has 2 aromatic heterocycles. The first-order valence-electron chi connectivity index (χ1n) is 7.13. The smallest absolute Gasteiger partial charge is 0.234 e. The summed E-state index contributed by atoms with van der Waals surface area (Å²) in [6.07, 6.45) is 5.00. The number of rotatable bonds is 5. The summed E-state index contributed by atoms with van der Waals surface area (Å²) in [5.41, 5.74) is 2.48. The molecule has 0 saturated carbocycles. The molecule has 2 heterocycles. The Hall–Kier alpha value is -2.38. The first-order valence-corrected chi connectivity index (χ1v) is 8.49. The standard InChI is InChI=1S/C16H14ClN5OS/c1-11-4-5-12(7-14(11)17)20-15(23)9-24-16-21-19-10-22(16)13-3-2-6-18-8-13/h2-8,10H,9H2,1H3,(H,20,23). The molecule has 0 fully saturated rings. The number of hydrogen-bond acceptors (Lipinski definition) is 5. The van der Waals surface area contributed by atoms with Crippen molar-refractivity contribution >= 4 is 35.0 Å². The number of nitrogens with zero attached hydrogens (tertiary/aromatic N) is 4. The lowest BCUT2D eigenvalue weighted by molar-refractivity contribution is -0.113. The van der Waals surface area contributed by atoms with Crippen LogP contribution in [0.15, 0.2) is 54.2 Å². The highest BCUT2D eigenvalue weighted by atomic mass is 35.5. The van der Waals surface area contributed by atoms with Crippen LogP contribution in [0.5, 0.6) is 0 Å². The summed E-state index contributed by atoms with van der Waals surface area (Å²) in [5, 5.41) is 12.0. The van der Waals surface area contributed by atoms with Crippen LogP contribution in [0.3, 0.4) is 0 Å². The number of halogens is 1. The first-order chi connectivity index (χ1) is 11.6. The van der Waals surface area contributed by atoms with Gasteiger partial charge < -0.3 is 5.32 Å². The Balaban J connectivity index is 1.63. The number of amides is 1. The van der Waals surface area contributed by atoms with Gasteiger partial charge >= 0.3 is 0 Å². The molecule has 0 aliphatic rings. The number of benzene rings is 1. The van der Waals surface area contributed by atoms with Crippen molar-refractivity contribution in [3.8, 4) is 5.69 Å². The van der Waals surface area contributed by atoms with Gasteiger partial charge in [0.15, 0.2) is 5.16 Å². The predicted molar refractivity (Wildman–Crippen MR) is 94.7 cm³/mol. The van der Waals surface area contributed by atoms with Crippen LogP contribution >= 0.6 is 23.4 Å². The summed E-state index contributed by atoms with van der Waals surface area (Å²) < 4.78 is 1.79. The van der Waals surface area contributed by atoms with Crippen molar-refractivity contribution < 1.29 is 4.79 Å². The number of thioether (sulfide) groups is 1. The second-order valence-electron chi connectivity index (χ2n) is 5.00. The van der Waals surface area contributed by atoms with E-state index in [2.05, 4.69) is 20.5 Å². The highest BCUT2D eigenvalue weighted by Crippen LogP contribution is 2.22. The van der Waals surface area contributed by atoms with Crippen molar-refractivity contribution in [1.82, 2.24) is 19.7 Å². The van der Waals surface area contributed by atoms with Gasteiger partial charge in [-0.3, -0.25) is 14.3 Å². The highest BCUT2D eigenvalue weighted by Gasteiger charge is 2.10. The normalized spacial score (nSPS) is 10.6. The average Bonchev–Trinajstić information content (AvgIpc) is 3.06. The molecule has 6 nitrogen and oxygen atoms in total. The van der Waals surface area contributed by atoms with Gasteiger partial charge in [0.25, 0.3) is 0 Å². The van der Waals surface area contributed by atoms with E-state index in [-0.39, 0.29) is 11.7 Å². The maximum absolute atomic E-state index is 12.1. The fraction of sp³-hybridized carbons (Fsp3) is 0.125. The van der Waals surface area contributed by atoms with Crippen LogP contribution < -0.4 is 5.32 Å². The van der Waals surface area contributed by atoms with Gasteiger partial charge in [0.05, 0.1) is 17.6 Å². The number of aryl methyl sites for hydroxylation is 1. The van der Waals surface area contributed by atoms with E-state index in [1.807, 2.05) is 31.2 Å². The van der Waals surface area contributed by atoms with Gasteiger partial charge in [0.2, 0.25) is 5.91 Å². The number of carbonyl (C=O) groups is 1. The lowest BCUT2D eigenvalue weighted by Crippen LogP contribution is -2.14. The van der Waals surface area contributed by atoms with Crippen molar-refractivity contribution in [3.63, 3.8) is 0 Å². The van der Waals surface area contributed by atoms with Gasteiger partial charge in [-0.05, 0) is 36.8 Å². The fourth-order valence-electron chi connectivity index (χ4n) is 1.99. The maximum Gasteiger partial charge on any atom is 0.234 e. The van der Waals surface area contributed by atoms with E-state index in [4.69, 9.17) is 11.6 Å². The second kappa shape index (κ2) is 7.46. The Bertz CT molecular complexity index is 853. The fourth-order valence-corrected chi connectivity index (χ4v) is 2.90. The third-order valence-electron chi connectivity index (χ3n) is 3.23. The minimum Gasteiger partial charge on any atom is -0.325 e. The zero-order chi connectivity index (χ0) is 16.9. The molecule has 1 amide bonds. The molecular weight excluding hydrogens is 346 g/mol. The highest BCUT2D eigenvalue weighted by molar-refractivity contribution is 7.99. The molecule has 122 valence electrons. The lowest BCUT2D eigenvalue weighted by atomic mass is 10.2. The molecule has 8 heteroatoms. The third kappa shape index (κ3) is 3.93. The van der Waals surface area contributed by atoms with Gasteiger partial charge in [-0.2, -0.15) is 0 Å². The molecule has 3 aromatic rings. The van der Waals surface area contributed by atoms with Gasteiger partial charge in [0.1, 0.15) is 6.33 Å². The summed E-state index contributed by atoms with van der Waals surface area (Å²) >= 11 is 7.36. The molecule has 0 bridgehead atoms. The van der Waals surface area contributed by atoms with E-state index in [0.717, 1.165) is 11.3 Å². The predicted octanol–water partition coefficient (Wildman–Crippen LogP) is 3.35. The van der Waals surface area contributed by atoms with Crippen LogP contribution in [-0.4, -0.2) is 31.4 Å². The van der Waals surface area contributed by atoms with Crippen LogP contribution in [0.1, 0.15) is 5.56 Å². The molecule has 3 rings (SSSR count). The van der Waals surface area contributed by atoms with E-state index in [1.165, 1.54) is 11.8 Å². The minimum absolute atomic E-state index is 0.138. The Kier molecular flexibility index (Phi) is 5.12. The Morgan fingerprint density at radius 1 is 1.38 bits per heavy atom. The summed E-state index contributed by atoms with van der Waals surface area (Å²) in [5.74, 6) is 0.0745. The minimum atomic E-state index is -0.138. The van der Waals surface area contributed by atoms with Crippen molar-refractivity contribution in [2.45, 2.75) is 12.1 Å². The van der Waals surface area contributed by atoms with Crippen molar-refractivity contribution in [2.24, 2.45) is 0 Å². The summed E-state index contributed by atoms with van der Waals surface area (Å²) in [7, 11) is 0. The van der Waals surface area contributed by atoms with Crippen LogP contribution in [0.2, 0.25) is 5.02 Å². The molecule has 0 atom stereocenters.